The molecule has 1 atom stereocenters. The second kappa shape index (κ2) is 6.88. The fourth-order valence-corrected chi connectivity index (χ4v) is 5.84. The van der Waals surface area contributed by atoms with Gasteiger partial charge in [-0.05, 0) is 67.7 Å². The van der Waals surface area contributed by atoms with E-state index in [2.05, 4.69) is 22.8 Å². The van der Waals surface area contributed by atoms with Crippen LogP contribution >= 0.6 is 0 Å². The molecule has 27 heavy (non-hydrogen) atoms. The van der Waals surface area contributed by atoms with Gasteiger partial charge in [0.15, 0.2) is 0 Å². The number of carbonyl (C=O) groups excluding carboxylic acids is 1. The fourth-order valence-electron chi connectivity index (χ4n) is 5.84. The molecule has 5 rings (SSSR count). The number of nitrogens with zero attached hydrogens (tertiary/aromatic N) is 2. The lowest BCUT2D eigenvalue weighted by Crippen LogP contribution is -2.36. The summed E-state index contributed by atoms with van der Waals surface area (Å²) in [5.74, 6) is 0.737. The number of fused-ring (bicyclic) bond motifs is 3. The van der Waals surface area contributed by atoms with Crippen LogP contribution in [0, 0.1) is 0 Å². The van der Waals surface area contributed by atoms with Gasteiger partial charge in [-0.3, -0.25) is 4.90 Å². The van der Waals surface area contributed by atoms with Crippen molar-refractivity contribution >= 4 is 17.0 Å². The maximum atomic E-state index is 12.4. The Labute approximate surface area is 161 Å². The average molecular weight is 367 g/mol. The molecule has 4 heteroatoms. The van der Waals surface area contributed by atoms with E-state index >= 15 is 0 Å². The van der Waals surface area contributed by atoms with Gasteiger partial charge < -0.3 is 9.30 Å². The summed E-state index contributed by atoms with van der Waals surface area (Å²) >= 11 is 0. The van der Waals surface area contributed by atoms with Crippen LogP contribution < -0.4 is 0 Å². The molecule has 0 spiro atoms. The zero-order valence-corrected chi connectivity index (χ0v) is 16.4. The molecule has 2 aromatic rings. The molecule has 0 N–H and O–H groups in total. The van der Waals surface area contributed by atoms with Crippen LogP contribution in [0.3, 0.4) is 0 Å². The van der Waals surface area contributed by atoms with E-state index in [1.165, 1.54) is 66.9 Å². The third kappa shape index (κ3) is 2.76. The van der Waals surface area contributed by atoms with E-state index in [1.54, 1.807) is 0 Å². The van der Waals surface area contributed by atoms with Crippen LogP contribution in [0.1, 0.15) is 80.1 Å². The van der Waals surface area contributed by atoms with Gasteiger partial charge in [0.1, 0.15) is 0 Å². The SMILES string of the molecule is COC(=O)N1CCCn2c3c(c4cc(C5CCCCC5)ccc42)CCCC31. The number of carbonyl (C=O) groups is 1. The molecule has 1 unspecified atom stereocenters. The summed E-state index contributed by atoms with van der Waals surface area (Å²) in [5.41, 5.74) is 5.79. The van der Waals surface area contributed by atoms with E-state index in [4.69, 9.17) is 4.74 Å². The summed E-state index contributed by atoms with van der Waals surface area (Å²) in [7, 11) is 1.50. The molecule has 1 aliphatic heterocycles. The quantitative estimate of drug-likeness (QED) is 0.664. The smallest absolute Gasteiger partial charge is 0.410 e. The Morgan fingerprint density at radius 3 is 2.70 bits per heavy atom. The largest absolute Gasteiger partial charge is 0.453 e. The minimum atomic E-state index is -0.172. The van der Waals surface area contributed by atoms with Gasteiger partial charge in [-0.15, -0.1) is 0 Å². The summed E-state index contributed by atoms with van der Waals surface area (Å²) < 4.78 is 7.62. The highest BCUT2D eigenvalue weighted by Crippen LogP contribution is 2.43. The lowest BCUT2D eigenvalue weighted by atomic mass is 9.83. The van der Waals surface area contributed by atoms with Gasteiger partial charge in [0.2, 0.25) is 0 Å². The average Bonchev–Trinajstić information content (AvgIpc) is 2.91. The Balaban J connectivity index is 1.62. The van der Waals surface area contributed by atoms with Crippen LogP contribution in [0.15, 0.2) is 18.2 Å². The maximum Gasteiger partial charge on any atom is 0.410 e. The molecule has 4 nitrogen and oxygen atoms in total. The van der Waals surface area contributed by atoms with Crippen molar-refractivity contribution in [1.29, 1.82) is 0 Å². The van der Waals surface area contributed by atoms with Crippen molar-refractivity contribution in [2.75, 3.05) is 13.7 Å². The summed E-state index contributed by atoms with van der Waals surface area (Å²) in [5, 5.41) is 1.45. The van der Waals surface area contributed by atoms with Crippen molar-refractivity contribution in [2.24, 2.45) is 0 Å². The number of aromatic nitrogens is 1. The van der Waals surface area contributed by atoms with E-state index < -0.39 is 0 Å². The van der Waals surface area contributed by atoms with Gasteiger partial charge in [-0.2, -0.15) is 0 Å². The number of hydrogen-bond donors (Lipinski definition) is 0. The first-order chi connectivity index (χ1) is 13.3. The predicted molar refractivity (Wildman–Crippen MR) is 107 cm³/mol. The molecule has 1 aromatic carbocycles. The molecule has 3 aliphatic rings. The van der Waals surface area contributed by atoms with Gasteiger partial charge in [-0.25, -0.2) is 4.79 Å². The summed E-state index contributed by atoms with van der Waals surface area (Å²) in [6.07, 6.45) is 11.0. The zero-order chi connectivity index (χ0) is 18.4. The fraction of sp³-hybridized carbons (Fsp3) is 0.609. The maximum absolute atomic E-state index is 12.4. The van der Waals surface area contributed by atoms with Crippen molar-refractivity contribution in [2.45, 2.75) is 76.3 Å². The zero-order valence-electron chi connectivity index (χ0n) is 16.4. The molecule has 2 aliphatic carbocycles. The van der Waals surface area contributed by atoms with E-state index in [0.717, 1.165) is 44.7 Å². The number of amides is 1. The van der Waals surface area contributed by atoms with Crippen LogP contribution in [-0.4, -0.2) is 29.2 Å². The monoisotopic (exact) mass is 366 g/mol. The number of ether oxygens (including phenoxy) is 1. The van der Waals surface area contributed by atoms with E-state index in [0.29, 0.717) is 0 Å². The highest BCUT2D eigenvalue weighted by Gasteiger charge is 2.36. The number of rotatable bonds is 1. The van der Waals surface area contributed by atoms with Crippen LogP contribution in [0.2, 0.25) is 0 Å². The lowest BCUT2D eigenvalue weighted by Gasteiger charge is -2.32. The number of methoxy groups -OCH3 is 1. The van der Waals surface area contributed by atoms with Gasteiger partial charge in [0, 0.05) is 29.7 Å². The number of aryl methyl sites for hydroxylation is 2. The molecule has 2 heterocycles. The third-order valence-corrected chi connectivity index (χ3v) is 7.10. The van der Waals surface area contributed by atoms with E-state index in [-0.39, 0.29) is 12.1 Å². The molecule has 1 aromatic heterocycles. The number of hydrogen-bond acceptors (Lipinski definition) is 2. The van der Waals surface area contributed by atoms with Gasteiger partial charge >= 0.3 is 6.09 Å². The number of benzene rings is 1. The molecular formula is C23H30N2O2. The van der Waals surface area contributed by atoms with Crippen LogP contribution in [0.25, 0.3) is 10.9 Å². The van der Waals surface area contributed by atoms with Crippen molar-refractivity contribution < 1.29 is 9.53 Å². The Kier molecular flexibility index (Phi) is 4.37. The van der Waals surface area contributed by atoms with Crippen LogP contribution in [0.5, 0.6) is 0 Å². The van der Waals surface area contributed by atoms with Crippen LogP contribution in [-0.2, 0) is 17.7 Å². The van der Waals surface area contributed by atoms with Gasteiger partial charge in [0.25, 0.3) is 0 Å². The summed E-state index contributed by atoms with van der Waals surface area (Å²) in [6.45, 7) is 1.79. The molecule has 1 saturated carbocycles. The predicted octanol–water partition coefficient (Wildman–Crippen LogP) is 5.54. The molecular weight excluding hydrogens is 336 g/mol. The van der Waals surface area contributed by atoms with Gasteiger partial charge in [0.05, 0.1) is 13.2 Å². The standard InChI is InChI=1S/C23H30N2O2/c1-27-23(26)25-14-6-13-24-20-12-11-17(16-7-3-2-4-8-16)15-19(20)18-9-5-10-21(25)22(18)24/h11-12,15-16,21H,2-10,13-14H2,1H3. The minimum Gasteiger partial charge on any atom is -0.453 e. The van der Waals surface area contributed by atoms with E-state index in [9.17, 15) is 4.79 Å². The summed E-state index contributed by atoms with van der Waals surface area (Å²) in [4.78, 5) is 14.4. The molecule has 1 fully saturated rings. The van der Waals surface area contributed by atoms with Crippen molar-refractivity contribution in [3.8, 4) is 0 Å². The molecule has 0 bridgehead atoms. The topological polar surface area (TPSA) is 34.5 Å². The molecule has 0 saturated heterocycles. The molecule has 144 valence electrons. The van der Waals surface area contributed by atoms with Crippen molar-refractivity contribution in [3.05, 3.63) is 35.0 Å². The Bertz CT molecular complexity index is 863. The molecule has 0 radical (unpaired) electrons. The second-order valence-electron chi connectivity index (χ2n) is 8.55. The van der Waals surface area contributed by atoms with E-state index in [1.807, 2.05) is 4.90 Å². The highest BCUT2D eigenvalue weighted by atomic mass is 16.5. The first-order valence-electron chi connectivity index (χ1n) is 10.8. The Morgan fingerprint density at radius 1 is 1.04 bits per heavy atom. The first-order valence-corrected chi connectivity index (χ1v) is 10.8. The van der Waals surface area contributed by atoms with Gasteiger partial charge in [-0.1, -0.05) is 25.3 Å². The third-order valence-electron chi connectivity index (χ3n) is 7.10. The second-order valence-corrected chi connectivity index (χ2v) is 8.55. The summed E-state index contributed by atoms with van der Waals surface area (Å²) in [6, 6.07) is 7.41. The normalized spacial score (nSPS) is 23.1. The lowest BCUT2D eigenvalue weighted by molar-refractivity contribution is 0.101. The minimum absolute atomic E-state index is 0.172. The van der Waals surface area contributed by atoms with Crippen molar-refractivity contribution in [1.82, 2.24) is 9.47 Å². The highest BCUT2D eigenvalue weighted by molar-refractivity contribution is 5.87. The molecule has 1 amide bonds. The Hall–Kier alpha value is -1.97. The van der Waals surface area contributed by atoms with Crippen molar-refractivity contribution in [3.63, 3.8) is 0 Å². The van der Waals surface area contributed by atoms with Crippen LogP contribution in [0.4, 0.5) is 4.79 Å². The first kappa shape index (κ1) is 17.2. The Morgan fingerprint density at radius 2 is 1.89 bits per heavy atom.